The first kappa shape index (κ1) is 12.4. The lowest BCUT2D eigenvalue weighted by atomic mass is 10.5. The number of hydrogen-bond donors (Lipinski definition) is 0. The first-order valence-corrected chi connectivity index (χ1v) is 2.98. The molecule has 0 aromatic carbocycles. The van der Waals surface area contributed by atoms with Gasteiger partial charge < -0.3 is 0 Å². The Morgan fingerprint density at radius 1 is 0.500 bits per heavy atom. The Bertz CT molecular complexity index is 234. The summed E-state index contributed by atoms with van der Waals surface area (Å²) in [6.45, 7) is 0. The second-order valence-electron chi connectivity index (χ2n) is 1.33. The lowest BCUT2D eigenvalue weighted by Gasteiger charge is -1.53. The van der Waals surface area contributed by atoms with Crippen LogP contribution in [0.4, 0.5) is 0 Å². The average Bonchev–Trinajstić information content (AvgIpc) is 2.12. The summed E-state index contributed by atoms with van der Waals surface area (Å²) < 4.78 is 0. The predicted octanol–water partition coefficient (Wildman–Crippen LogP) is 1.62. The van der Waals surface area contributed by atoms with Gasteiger partial charge in [-0.25, -0.2) is 0 Å². The Balaban J connectivity index is 0. The van der Waals surface area contributed by atoms with Crippen molar-refractivity contribution in [1.29, 1.82) is 0 Å². The summed E-state index contributed by atoms with van der Waals surface area (Å²) in [5, 5.41) is 0. The molecule has 0 aliphatic rings. The normalized spacial score (nSPS) is 7.00. The summed E-state index contributed by atoms with van der Waals surface area (Å²) in [6, 6.07) is 0. The molecule has 0 amide bonds. The Morgan fingerprint density at radius 3 is 0.750 bits per heavy atom. The molecule has 0 radical (unpaired) electrons. The van der Waals surface area contributed by atoms with Gasteiger partial charge in [-0.1, -0.05) is 23.7 Å². The van der Waals surface area contributed by atoms with Crippen molar-refractivity contribution in [3.8, 4) is 49.4 Å². The molecule has 0 nitrogen and oxygen atoms in total. The smallest absolute Gasteiger partial charge is 0.00380 e. The van der Waals surface area contributed by atoms with E-state index in [1.54, 1.807) is 0 Å². The molecule has 0 N–H and O–H groups in total. The SMILES string of the molecule is C#C/C=C/C#C.C#C/C=C\C#C. The Labute approximate surface area is 74.4 Å². The first-order valence-electron chi connectivity index (χ1n) is 2.98. The zero-order chi connectivity index (χ0) is 9.66. The van der Waals surface area contributed by atoms with Gasteiger partial charge >= 0.3 is 0 Å². The van der Waals surface area contributed by atoms with Crippen LogP contribution in [-0.4, -0.2) is 0 Å². The monoisotopic (exact) mass is 152 g/mol. The molecule has 0 spiro atoms. The lowest BCUT2D eigenvalue weighted by Crippen LogP contribution is -1.41. The van der Waals surface area contributed by atoms with E-state index in [0.717, 1.165) is 0 Å². The minimum absolute atomic E-state index is 1.47. The van der Waals surface area contributed by atoms with Crippen LogP contribution in [0.15, 0.2) is 24.3 Å². The van der Waals surface area contributed by atoms with E-state index >= 15 is 0 Å². The average molecular weight is 152 g/mol. The molecule has 56 valence electrons. The van der Waals surface area contributed by atoms with Crippen molar-refractivity contribution in [2.24, 2.45) is 0 Å². The fourth-order valence-electron chi connectivity index (χ4n) is 0.192. The molecule has 0 unspecified atom stereocenters. The van der Waals surface area contributed by atoms with E-state index in [1.165, 1.54) is 24.3 Å². The molecule has 0 rings (SSSR count). The predicted molar refractivity (Wildman–Crippen MR) is 53.6 cm³/mol. The molecule has 0 aromatic rings. The molecule has 0 aliphatic carbocycles. The highest BCUT2D eigenvalue weighted by Crippen LogP contribution is 1.60. The van der Waals surface area contributed by atoms with E-state index < -0.39 is 0 Å². The zero-order valence-electron chi connectivity index (χ0n) is 6.62. The Hall–Kier alpha value is -2.28. The van der Waals surface area contributed by atoms with Gasteiger partial charge in [-0.3, -0.25) is 0 Å². The number of allylic oxidation sites excluding steroid dienone is 4. The van der Waals surface area contributed by atoms with Gasteiger partial charge in [0.1, 0.15) is 0 Å². The standard InChI is InChI=1S/2C6H4/c2*1-3-5-6-4-2/h2*1-2,5-6H/b6-5+;6-5-. The Morgan fingerprint density at radius 2 is 0.667 bits per heavy atom. The number of rotatable bonds is 0. The molecule has 0 saturated heterocycles. The summed E-state index contributed by atoms with van der Waals surface area (Å²) in [7, 11) is 0. The Kier molecular flexibility index (Phi) is 16.4. The first-order chi connectivity index (χ1) is 5.83. The van der Waals surface area contributed by atoms with Gasteiger partial charge in [-0.05, 0) is 24.3 Å². The third kappa shape index (κ3) is 25.2. The van der Waals surface area contributed by atoms with Crippen molar-refractivity contribution in [1.82, 2.24) is 0 Å². The van der Waals surface area contributed by atoms with E-state index in [9.17, 15) is 0 Å². The van der Waals surface area contributed by atoms with Crippen molar-refractivity contribution < 1.29 is 0 Å². The van der Waals surface area contributed by atoms with Crippen molar-refractivity contribution in [3.05, 3.63) is 24.3 Å². The van der Waals surface area contributed by atoms with Crippen LogP contribution in [0.5, 0.6) is 0 Å². The molecule has 0 heteroatoms. The molecule has 0 fully saturated rings. The van der Waals surface area contributed by atoms with Gasteiger partial charge in [0.05, 0.1) is 0 Å². The summed E-state index contributed by atoms with van der Waals surface area (Å²) in [4.78, 5) is 0. The van der Waals surface area contributed by atoms with Crippen molar-refractivity contribution in [2.75, 3.05) is 0 Å². The molecule has 0 aliphatic heterocycles. The van der Waals surface area contributed by atoms with Crippen LogP contribution in [0.25, 0.3) is 0 Å². The quantitative estimate of drug-likeness (QED) is 0.463. The van der Waals surface area contributed by atoms with Crippen LogP contribution in [0.3, 0.4) is 0 Å². The molecular weight excluding hydrogens is 144 g/mol. The summed E-state index contributed by atoms with van der Waals surface area (Å²) in [6.07, 6.45) is 25.0. The topological polar surface area (TPSA) is 0 Å². The van der Waals surface area contributed by atoms with Gasteiger partial charge in [0.15, 0.2) is 0 Å². The second kappa shape index (κ2) is 15.9. The van der Waals surface area contributed by atoms with E-state index in [1.807, 2.05) is 0 Å². The highest BCUT2D eigenvalue weighted by molar-refractivity contribution is 5.19. The largest absolute Gasteiger partial charge is 0.115 e. The van der Waals surface area contributed by atoms with Gasteiger partial charge in [-0.2, -0.15) is 0 Å². The van der Waals surface area contributed by atoms with Crippen LogP contribution < -0.4 is 0 Å². The minimum atomic E-state index is 1.47. The van der Waals surface area contributed by atoms with Crippen molar-refractivity contribution >= 4 is 0 Å². The van der Waals surface area contributed by atoms with Crippen molar-refractivity contribution in [3.63, 3.8) is 0 Å². The molecule has 12 heavy (non-hydrogen) atoms. The van der Waals surface area contributed by atoms with E-state index in [2.05, 4.69) is 23.7 Å². The molecule has 0 bridgehead atoms. The number of terminal acetylenes is 4. The van der Waals surface area contributed by atoms with Crippen LogP contribution in [0.1, 0.15) is 0 Å². The molecule has 0 saturated carbocycles. The highest BCUT2D eigenvalue weighted by atomic mass is 13.5. The minimum Gasteiger partial charge on any atom is -0.115 e. The highest BCUT2D eigenvalue weighted by Gasteiger charge is 1.47. The maximum atomic E-state index is 4.78. The molecule has 0 aromatic heterocycles. The van der Waals surface area contributed by atoms with E-state index in [0.29, 0.717) is 0 Å². The molecule has 0 atom stereocenters. The maximum Gasteiger partial charge on any atom is -0.00380 e. The molecule has 0 heterocycles. The summed E-state index contributed by atoms with van der Waals surface area (Å²) in [5.41, 5.74) is 0. The maximum absolute atomic E-state index is 4.78. The number of hydrogen-bond acceptors (Lipinski definition) is 0. The second-order valence-corrected chi connectivity index (χ2v) is 1.33. The van der Waals surface area contributed by atoms with Crippen LogP contribution in [0, 0.1) is 49.4 Å². The fraction of sp³-hybridized carbons (Fsp3) is 0. The summed E-state index contributed by atoms with van der Waals surface area (Å²) >= 11 is 0. The van der Waals surface area contributed by atoms with Crippen molar-refractivity contribution in [2.45, 2.75) is 0 Å². The van der Waals surface area contributed by atoms with Crippen LogP contribution in [0.2, 0.25) is 0 Å². The van der Waals surface area contributed by atoms with Gasteiger partial charge in [0, 0.05) is 0 Å². The lowest BCUT2D eigenvalue weighted by molar-refractivity contribution is 2.16. The fourth-order valence-corrected chi connectivity index (χ4v) is 0.192. The third-order valence-corrected chi connectivity index (χ3v) is 0.552. The van der Waals surface area contributed by atoms with Gasteiger partial charge in [0.2, 0.25) is 0 Å². The third-order valence-electron chi connectivity index (χ3n) is 0.552. The van der Waals surface area contributed by atoms with Crippen LogP contribution in [-0.2, 0) is 0 Å². The van der Waals surface area contributed by atoms with Crippen LogP contribution >= 0.6 is 0 Å². The zero-order valence-corrected chi connectivity index (χ0v) is 6.62. The molecular formula is C12H8. The van der Waals surface area contributed by atoms with Gasteiger partial charge in [-0.15, -0.1) is 25.7 Å². The summed E-state index contributed by atoms with van der Waals surface area (Å²) in [5.74, 6) is 8.98. The van der Waals surface area contributed by atoms with E-state index in [-0.39, 0.29) is 0 Å². The van der Waals surface area contributed by atoms with E-state index in [4.69, 9.17) is 25.7 Å². The van der Waals surface area contributed by atoms with Gasteiger partial charge in [0.25, 0.3) is 0 Å².